The highest BCUT2D eigenvalue weighted by atomic mass is 16.6. The second-order valence-electron chi connectivity index (χ2n) is 4.42. The van der Waals surface area contributed by atoms with Gasteiger partial charge in [-0.1, -0.05) is 5.92 Å². The molecule has 1 aliphatic carbocycles. The number of carbonyl (C=O) groups is 3. The molecule has 1 fully saturated rings. The highest BCUT2D eigenvalue weighted by Crippen LogP contribution is 2.57. The largest absolute Gasteiger partial charge is 0.465 e. The molecule has 0 aromatic rings. The molecule has 1 saturated carbocycles. The quantitative estimate of drug-likeness (QED) is 0.308. The van der Waals surface area contributed by atoms with Gasteiger partial charge in [0.25, 0.3) is 0 Å². The van der Waals surface area contributed by atoms with E-state index in [4.69, 9.17) is 20.6 Å². The van der Waals surface area contributed by atoms with E-state index in [0.717, 1.165) is 0 Å². The maximum Gasteiger partial charge on any atom is 0.323 e. The Kier molecular flexibility index (Phi) is 5.14. The molecule has 0 radical (unpaired) electrons. The summed E-state index contributed by atoms with van der Waals surface area (Å²) in [5.41, 5.74) is -1.45. The minimum atomic E-state index is -1.45. The van der Waals surface area contributed by atoms with Crippen LogP contribution in [0.2, 0.25) is 0 Å². The van der Waals surface area contributed by atoms with Gasteiger partial charge in [-0.2, -0.15) is 0 Å². The molecule has 0 N–H and O–H groups in total. The Bertz CT molecular complexity index is 429. The summed E-state index contributed by atoms with van der Waals surface area (Å²) in [6, 6.07) is 0. The van der Waals surface area contributed by atoms with Gasteiger partial charge in [-0.05, 0) is 20.3 Å². The fraction of sp³-hybridized carbons (Fsp3) is 0.643. The molecule has 0 saturated heterocycles. The molecule has 0 bridgehead atoms. The lowest BCUT2D eigenvalue weighted by Crippen LogP contribution is -2.35. The Morgan fingerprint density at radius 3 is 2.10 bits per heavy atom. The summed E-state index contributed by atoms with van der Waals surface area (Å²) in [5.74, 6) is -0.254. The van der Waals surface area contributed by atoms with Gasteiger partial charge in [0.1, 0.15) is 0 Å². The van der Waals surface area contributed by atoms with Crippen LogP contribution < -0.4 is 0 Å². The van der Waals surface area contributed by atoms with E-state index in [1.807, 2.05) is 0 Å². The van der Waals surface area contributed by atoms with Crippen LogP contribution in [0.4, 0.5) is 0 Å². The minimum absolute atomic E-state index is 0.140. The van der Waals surface area contributed by atoms with Crippen LogP contribution >= 0.6 is 0 Å². The average Bonchev–Trinajstić information content (AvgIpc) is 3.13. The van der Waals surface area contributed by atoms with Crippen molar-refractivity contribution >= 4 is 17.9 Å². The van der Waals surface area contributed by atoms with E-state index in [0.29, 0.717) is 0 Å². The first-order chi connectivity index (χ1) is 9.43. The number of hydrogen-bond acceptors (Lipinski definition) is 6. The van der Waals surface area contributed by atoms with Gasteiger partial charge in [-0.3, -0.25) is 14.4 Å². The highest BCUT2D eigenvalue weighted by Gasteiger charge is 2.71. The fourth-order valence-electron chi connectivity index (χ4n) is 2.14. The minimum Gasteiger partial charge on any atom is -0.465 e. The van der Waals surface area contributed by atoms with Gasteiger partial charge < -0.3 is 14.2 Å². The third-order valence-electron chi connectivity index (χ3n) is 3.12. The molecule has 0 aromatic heterocycles. The van der Waals surface area contributed by atoms with Gasteiger partial charge in [0.15, 0.2) is 11.5 Å². The van der Waals surface area contributed by atoms with Gasteiger partial charge in [-0.25, -0.2) is 0 Å². The van der Waals surface area contributed by atoms with Crippen molar-refractivity contribution in [2.75, 3.05) is 13.2 Å². The molecule has 6 heteroatoms. The molecule has 1 aliphatic rings. The molecular formula is C14H18O6. The van der Waals surface area contributed by atoms with E-state index in [1.165, 1.54) is 6.92 Å². The zero-order valence-corrected chi connectivity index (χ0v) is 11.8. The van der Waals surface area contributed by atoms with Crippen LogP contribution in [0.3, 0.4) is 0 Å². The molecule has 0 aliphatic heterocycles. The Morgan fingerprint density at radius 2 is 1.75 bits per heavy atom. The molecule has 0 heterocycles. The molecule has 110 valence electrons. The lowest BCUT2D eigenvalue weighted by molar-refractivity contribution is -0.167. The number of terminal acetylenes is 1. The van der Waals surface area contributed by atoms with Crippen LogP contribution in [0.25, 0.3) is 0 Å². The van der Waals surface area contributed by atoms with Crippen molar-refractivity contribution in [2.24, 2.45) is 11.3 Å². The first-order valence-corrected chi connectivity index (χ1v) is 6.41. The third-order valence-corrected chi connectivity index (χ3v) is 3.12. The SMILES string of the molecule is C#CC(OC(C)=O)C1CC1(C(=O)OCC)C(=O)OCC. The van der Waals surface area contributed by atoms with Crippen molar-refractivity contribution in [1.29, 1.82) is 0 Å². The normalized spacial score (nSPS) is 20.2. The van der Waals surface area contributed by atoms with Crippen LogP contribution in [0, 0.1) is 23.7 Å². The number of esters is 3. The predicted molar refractivity (Wildman–Crippen MR) is 68.2 cm³/mol. The second-order valence-corrected chi connectivity index (χ2v) is 4.42. The van der Waals surface area contributed by atoms with Gasteiger partial charge in [0.05, 0.1) is 13.2 Å². The molecule has 0 spiro atoms. The zero-order chi connectivity index (χ0) is 15.3. The van der Waals surface area contributed by atoms with E-state index < -0.39 is 35.3 Å². The van der Waals surface area contributed by atoms with E-state index >= 15 is 0 Å². The summed E-state index contributed by atoms with van der Waals surface area (Å²) in [6.45, 7) is 4.77. The lowest BCUT2D eigenvalue weighted by atomic mass is 10.0. The molecular weight excluding hydrogens is 264 g/mol. The first kappa shape index (κ1) is 16.0. The van der Waals surface area contributed by atoms with Crippen molar-refractivity contribution < 1.29 is 28.6 Å². The predicted octanol–water partition coefficient (Wildman–Crippen LogP) is 0.684. The van der Waals surface area contributed by atoms with Crippen LogP contribution in [0.15, 0.2) is 0 Å². The fourth-order valence-corrected chi connectivity index (χ4v) is 2.14. The summed E-state index contributed by atoms with van der Waals surface area (Å²) in [4.78, 5) is 35.1. The Morgan fingerprint density at radius 1 is 1.25 bits per heavy atom. The maximum atomic E-state index is 12.0. The van der Waals surface area contributed by atoms with E-state index in [1.54, 1.807) is 13.8 Å². The molecule has 6 nitrogen and oxygen atoms in total. The number of hydrogen-bond donors (Lipinski definition) is 0. The monoisotopic (exact) mass is 282 g/mol. The van der Waals surface area contributed by atoms with Gasteiger partial charge in [0.2, 0.25) is 0 Å². The summed E-state index contributed by atoms with van der Waals surface area (Å²) in [6.07, 6.45) is 4.52. The molecule has 2 unspecified atom stereocenters. The van der Waals surface area contributed by atoms with Gasteiger partial charge in [0, 0.05) is 12.8 Å². The van der Waals surface area contributed by atoms with Crippen molar-refractivity contribution in [3.8, 4) is 12.3 Å². The van der Waals surface area contributed by atoms with Crippen LogP contribution in [0.5, 0.6) is 0 Å². The lowest BCUT2D eigenvalue weighted by Gasteiger charge is -2.17. The van der Waals surface area contributed by atoms with Gasteiger partial charge >= 0.3 is 17.9 Å². The van der Waals surface area contributed by atoms with Crippen molar-refractivity contribution in [1.82, 2.24) is 0 Å². The van der Waals surface area contributed by atoms with Crippen molar-refractivity contribution in [3.63, 3.8) is 0 Å². The Labute approximate surface area is 117 Å². The molecule has 2 atom stereocenters. The first-order valence-electron chi connectivity index (χ1n) is 6.41. The van der Waals surface area contributed by atoms with Crippen molar-refractivity contribution in [3.05, 3.63) is 0 Å². The van der Waals surface area contributed by atoms with Crippen LogP contribution in [-0.2, 0) is 28.6 Å². The summed E-state index contributed by atoms with van der Waals surface area (Å²) in [7, 11) is 0. The number of carbonyl (C=O) groups excluding carboxylic acids is 3. The molecule has 1 rings (SSSR count). The van der Waals surface area contributed by atoms with Crippen LogP contribution in [0.1, 0.15) is 27.2 Å². The van der Waals surface area contributed by atoms with E-state index in [-0.39, 0.29) is 19.6 Å². The average molecular weight is 282 g/mol. The smallest absolute Gasteiger partial charge is 0.323 e. The maximum absolute atomic E-state index is 12.0. The van der Waals surface area contributed by atoms with Crippen LogP contribution in [-0.4, -0.2) is 37.2 Å². The third kappa shape index (κ3) is 2.93. The topological polar surface area (TPSA) is 78.9 Å². The molecule has 20 heavy (non-hydrogen) atoms. The number of rotatable bonds is 6. The molecule has 0 amide bonds. The summed E-state index contributed by atoms with van der Waals surface area (Å²) in [5, 5.41) is 0. The Balaban J connectivity index is 2.95. The van der Waals surface area contributed by atoms with E-state index in [2.05, 4.69) is 5.92 Å². The van der Waals surface area contributed by atoms with Crippen molar-refractivity contribution in [2.45, 2.75) is 33.3 Å². The summed E-state index contributed by atoms with van der Waals surface area (Å²) < 4.78 is 14.8. The van der Waals surface area contributed by atoms with E-state index in [9.17, 15) is 14.4 Å². The Hall–Kier alpha value is -2.03. The second kappa shape index (κ2) is 6.42. The number of ether oxygens (including phenoxy) is 3. The molecule has 0 aromatic carbocycles. The standard InChI is InChI=1S/C14H18O6/c1-5-11(20-9(4)15)10-8-14(10,12(16)18-6-2)13(17)19-7-3/h1,10-11H,6-8H2,2-4H3. The zero-order valence-electron chi connectivity index (χ0n) is 11.8. The van der Waals surface area contributed by atoms with Gasteiger partial charge in [-0.15, -0.1) is 6.42 Å². The highest BCUT2D eigenvalue weighted by molar-refractivity contribution is 6.04. The summed E-state index contributed by atoms with van der Waals surface area (Å²) >= 11 is 0.